The Bertz CT molecular complexity index is 343. The summed E-state index contributed by atoms with van der Waals surface area (Å²) in [5.41, 5.74) is 0. The Labute approximate surface area is 92.1 Å². The van der Waals surface area contributed by atoms with E-state index in [1.807, 2.05) is 19.1 Å². The molecule has 1 N–H and O–H groups in total. The largest absolute Gasteiger partial charge is 0.464 e. The average Bonchev–Trinajstić information content (AvgIpc) is 2.72. The predicted molar refractivity (Wildman–Crippen MR) is 62.6 cm³/mol. The van der Waals surface area contributed by atoms with Crippen LogP contribution >= 0.6 is 0 Å². The van der Waals surface area contributed by atoms with Gasteiger partial charge in [-0.1, -0.05) is 13.8 Å². The lowest BCUT2D eigenvalue weighted by molar-refractivity contribution is 0.402. The number of hydrogen-bond acceptors (Lipinski definition) is 2. The van der Waals surface area contributed by atoms with E-state index in [0.717, 1.165) is 30.9 Å². The van der Waals surface area contributed by atoms with Crippen LogP contribution in [0.3, 0.4) is 0 Å². The summed E-state index contributed by atoms with van der Waals surface area (Å²) < 4.78 is 5.71. The van der Waals surface area contributed by atoms with E-state index >= 15 is 0 Å². The SMILES string of the molecule is CC#CCC(NCC)c1ccc(CC)o1. The molecule has 2 heteroatoms. The minimum absolute atomic E-state index is 0.225. The molecule has 1 atom stereocenters. The quantitative estimate of drug-likeness (QED) is 0.748. The molecule has 1 rings (SSSR count). The summed E-state index contributed by atoms with van der Waals surface area (Å²) in [6.07, 6.45) is 1.75. The van der Waals surface area contributed by atoms with Crippen LogP contribution in [0.5, 0.6) is 0 Å². The number of hydrogen-bond donors (Lipinski definition) is 1. The zero-order valence-electron chi connectivity index (χ0n) is 9.76. The number of nitrogens with one attached hydrogen (secondary N) is 1. The van der Waals surface area contributed by atoms with Crippen LogP contribution in [0, 0.1) is 11.8 Å². The van der Waals surface area contributed by atoms with Crippen molar-refractivity contribution in [2.24, 2.45) is 0 Å². The van der Waals surface area contributed by atoms with Gasteiger partial charge in [0.05, 0.1) is 6.04 Å². The van der Waals surface area contributed by atoms with E-state index < -0.39 is 0 Å². The van der Waals surface area contributed by atoms with E-state index in [-0.39, 0.29) is 6.04 Å². The third-order valence-corrected chi connectivity index (χ3v) is 2.31. The van der Waals surface area contributed by atoms with Crippen molar-refractivity contribution >= 4 is 0 Å². The molecule has 0 spiro atoms. The fourth-order valence-electron chi connectivity index (χ4n) is 1.50. The van der Waals surface area contributed by atoms with Crippen molar-refractivity contribution in [2.75, 3.05) is 6.54 Å². The second-order valence-electron chi connectivity index (χ2n) is 3.40. The highest BCUT2D eigenvalue weighted by Gasteiger charge is 2.12. The molecule has 1 aromatic rings. The Balaban J connectivity index is 2.72. The van der Waals surface area contributed by atoms with Gasteiger partial charge >= 0.3 is 0 Å². The van der Waals surface area contributed by atoms with Gasteiger partial charge in [0.2, 0.25) is 0 Å². The monoisotopic (exact) mass is 205 g/mol. The molecule has 1 unspecified atom stereocenters. The molecule has 0 saturated heterocycles. The fraction of sp³-hybridized carbons (Fsp3) is 0.538. The van der Waals surface area contributed by atoms with Crippen LogP contribution in [-0.2, 0) is 6.42 Å². The molecule has 0 aromatic carbocycles. The summed E-state index contributed by atoms with van der Waals surface area (Å²) in [7, 11) is 0. The van der Waals surface area contributed by atoms with Gasteiger partial charge in [0, 0.05) is 12.8 Å². The first-order valence-corrected chi connectivity index (χ1v) is 5.53. The molecule has 0 amide bonds. The highest BCUT2D eigenvalue weighted by molar-refractivity contribution is 5.13. The smallest absolute Gasteiger partial charge is 0.122 e. The van der Waals surface area contributed by atoms with Gasteiger partial charge in [-0.25, -0.2) is 0 Å². The zero-order valence-corrected chi connectivity index (χ0v) is 9.76. The van der Waals surface area contributed by atoms with Crippen molar-refractivity contribution in [1.29, 1.82) is 0 Å². The van der Waals surface area contributed by atoms with Gasteiger partial charge in [0.25, 0.3) is 0 Å². The van der Waals surface area contributed by atoms with Gasteiger partial charge in [-0.3, -0.25) is 0 Å². The molecule has 15 heavy (non-hydrogen) atoms. The summed E-state index contributed by atoms with van der Waals surface area (Å²) in [5, 5.41) is 3.37. The third-order valence-electron chi connectivity index (χ3n) is 2.31. The lowest BCUT2D eigenvalue weighted by Crippen LogP contribution is -2.19. The lowest BCUT2D eigenvalue weighted by atomic mass is 10.1. The van der Waals surface area contributed by atoms with Gasteiger partial charge in [0.1, 0.15) is 11.5 Å². The Hall–Kier alpha value is -1.20. The van der Waals surface area contributed by atoms with Gasteiger partial charge < -0.3 is 9.73 Å². The van der Waals surface area contributed by atoms with E-state index in [2.05, 4.69) is 31.0 Å². The maximum atomic E-state index is 5.71. The maximum absolute atomic E-state index is 5.71. The highest BCUT2D eigenvalue weighted by atomic mass is 16.3. The Kier molecular flexibility index (Phi) is 5.00. The lowest BCUT2D eigenvalue weighted by Gasteiger charge is -2.11. The van der Waals surface area contributed by atoms with Crippen molar-refractivity contribution in [1.82, 2.24) is 5.32 Å². The normalized spacial score (nSPS) is 11.9. The molecule has 1 heterocycles. The van der Waals surface area contributed by atoms with E-state index in [4.69, 9.17) is 4.42 Å². The minimum atomic E-state index is 0.225. The maximum Gasteiger partial charge on any atom is 0.122 e. The van der Waals surface area contributed by atoms with Gasteiger partial charge in [0.15, 0.2) is 0 Å². The van der Waals surface area contributed by atoms with E-state index in [9.17, 15) is 0 Å². The van der Waals surface area contributed by atoms with Crippen molar-refractivity contribution < 1.29 is 4.42 Å². The molecular formula is C13H19NO. The van der Waals surface area contributed by atoms with Gasteiger partial charge in [-0.15, -0.1) is 11.8 Å². The van der Waals surface area contributed by atoms with Crippen LogP contribution in [0.25, 0.3) is 0 Å². The second-order valence-corrected chi connectivity index (χ2v) is 3.40. The fourth-order valence-corrected chi connectivity index (χ4v) is 1.50. The first-order valence-electron chi connectivity index (χ1n) is 5.53. The molecular weight excluding hydrogens is 186 g/mol. The van der Waals surface area contributed by atoms with E-state index in [1.165, 1.54) is 0 Å². The molecule has 2 nitrogen and oxygen atoms in total. The predicted octanol–water partition coefficient (Wildman–Crippen LogP) is 2.91. The third kappa shape index (κ3) is 3.45. The van der Waals surface area contributed by atoms with Crippen molar-refractivity contribution in [3.63, 3.8) is 0 Å². The van der Waals surface area contributed by atoms with Crippen LogP contribution in [0.2, 0.25) is 0 Å². The van der Waals surface area contributed by atoms with E-state index in [0.29, 0.717) is 0 Å². The molecule has 0 fully saturated rings. The van der Waals surface area contributed by atoms with Crippen LogP contribution < -0.4 is 5.32 Å². The summed E-state index contributed by atoms with van der Waals surface area (Å²) in [6, 6.07) is 4.31. The first kappa shape index (κ1) is 11.9. The first-order chi connectivity index (χ1) is 7.31. The van der Waals surface area contributed by atoms with Crippen molar-refractivity contribution in [2.45, 2.75) is 39.7 Å². The average molecular weight is 205 g/mol. The second kappa shape index (κ2) is 6.31. The number of furan rings is 1. The topological polar surface area (TPSA) is 25.2 Å². The van der Waals surface area contributed by atoms with Crippen LogP contribution in [0.1, 0.15) is 44.8 Å². The Morgan fingerprint density at radius 3 is 2.73 bits per heavy atom. The van der Waals surface area contributed by atoms with Crippen molar-refractivity contribution in [3.8, 4) is 11.8 Å². The molecule has 0 aliphatic carbocycles. The molecule has 82 valence electrons. The number of aryl methyl sites for hydroxylation is 1. The van der Waals surface area contributed by atoms with Crippen LogP contribution in [-0.4, -0.2) is 6.54 Å². The molecule has 1 aromatic heterocycles. The zero-order chi connectivity index (χ0) is 11.1. The Morgan fingerprint density at radius 2 is 2.20 bits per heavy atom. The molecule has 0 radical (unpaired) electrons. The standard InChI is InChI=1S/C13H19NO/c1-4-7-8-12(14-6-3)13-10-9-11(5-2)15-13/h9-10,12,14H,5-6,8H2,1-3H3. The summed E-state index contributed by atoms with van der Waals surface area (Å²) >= 11 is 0. The number of rotatable bonds is 5. The molecule has 0 bridgehead atoms. The van der Waals surface area contributed by atoms with Gasteiger partial charge in [-0.2, -0.15) is 0 Å². The minimum Gasteiger partial charge on any atom is -0.464 e. The summed E-state index contributed by atoms with van der Waals surface area (Å²) in [5.74, 6) is 8.04. The van der Waals surface area contributed by atoms with Crippen LogP contribution in [0.15, 0.2) is 16.5 Å². The molecule has 0 aliphatic rings. The van der Waals surface area contributed by atoms with Crippen molar-refractivity contribution in [3.05, 3.63) is 23.7 Å². The summed E-state index contributed by atoms with van der Waals surface area (Å²) in [6.45, 7) is 6.98. The van der Waals surface area contributed by atoms with Gasteiger partial charge in [-0.05, 0) is 25.6 Å². The van der Waals surface area contributed by atoms with Crippen LogP contribution in [0.4, 0.5) is 0 Å². The summed E-state index contributed by atoms with van der Waals surface area (Å²) in [4.78, 5) is 0. The van der Waals surface area contributed by atoms with E-state index in [1.54, 1.807) is 0 Å². The molecule has 0 saturated carbocycles. The molecule has 0 aliphatic heterocycles. The highest BCUT2D eigenvalue weighted by Crippen LogP contribution is 2.19. The Morgan fingerprint density at radius 1 is 1.40 bits per heavy atom.